The van der Waals surface area contributed by atoms with Crippen LogP contribution in [0.5, 0.6) is 11.5 Å². The molecule has 8 heteroatoms. The monoisotopic (exact) mass is 409 g/mol. The van der Waals surface area contributed by atoms with Gasteiger partial charge in [-0.3, -0.25) is 5.10 Å². The van der Waals surface area contributed by atoms with E-state index in [1.54, 1.807) is 6.07 Å². The molecular formula is C22H24FN5O2. The molecule has 30 heavy (non-hydrogen) atoms. The van der Waals surface area contributed by atoms with Gasteiger partial charge in [0.1, 0.15) is 5.82 Å². The van der Waals surface area contributed by atoms with Crippen molar-refractivity contribution >= 4 is 17.2 Å². The van der Waals surface area contributed by atoms with Crippen LogP contribution in [0, 0.1) is 5.82 Å². The molecule has 0 radical (unpaired) electrons. The normalized spacial score (nSPS) is 16.6. The number of hydrogen-bond donors (Lipinski definition) is 3. The molecule has 0 saturated carbocycles. The zero-order chi connectivity index (χ0) is 20.5. The summed E-state index contributed by atoms with van der Waals surface area (Å²) < 4.78 is 25.4. The van der Waals surface area contributed by atoms with Gasteiger partial charge in [0.25, 0.3) is 0 Å². The lowest BCUT2D eigenvalue weighted by molar-refractivity contribution is 0.174. The van der Waals surface area contributed by atoms with Gasteiger partial charge < -0.3 is 25.0 Å². The van der Waals surface area contributed by atoms with Gasteiger partial charge in [-0.1, -0.05) is 0 Å². The van der Waals surface area contributed by atoms with Gasteiger partial charge in [0.05, 0.1) is 11.4 Å². The van der Waals surface area contributed by atoms with Crippen LogP contribution in [0.25, 0.3) is 11.3 Å². The molecule has 2 aromatic carbocycles. The first-order valence-corrected chi connectivity index (χ1v) is 10.1. The smallest absolute Gasteiger partial charge is 0.231 e. The first kappa shape index (κ1) is 18.7. The molecule has 3 aromatic rings. The Balaban J connectivity index is 1.25. The van der Waals surface area contributed by atoms with Crippen molar-refractivity contribution in [3.8, 4) is 22.8 Å². The van der Waals surface area contributed by atoms with Gasteiger partial charge in [-0.2, -0.15) is 5.10 Å². The molecule has 0 unspecified atom stereocenters. The second kappa shape index (κ2) is 7.87. The van der Waals surface area contributed by atoms with Crippen molar-refractivity contribution in [2.75, 3.05) is 37.6 Å². The van der Waals surface area contributed by atoms with Gasteiger partial charge in [-0.25, -0.2) is 4.39 Å². The van der Waals surface area contributed by atoms with E-state index in [9.17, 15) is 4.39 Å². The van der Waals surface area contributed by atoms with Crippen molar-refractivity contribution in [2.45, 2.75) is 18.9 Å². The SMILES string of the molecule is CN1CCC(Nc2ccc(Nc3cc(-c4ccc5c(c4)OCO5)[nH]n3)cc2F)CC1. The summed E-state index contributed by atoms with van der Waals surface area (Å²) in [5.41, 5.74) is 2.95. The maximum atomic E-state index is 14.6. The van der Waals surface area contributed by atoms with E-state index in [1.165, 1.54) is 6.07 Å². The van der Waals surface area contributed by atoms with Crippen LogP contribution in [-0.4, -0.2) is 48.1 Å². The van der Waals surface area contributed by atoms with Crippen molar-refractivity contribution in [2.24, 2.45) is 0 Å². The summed E-state index contributed by atoms with van der Waals surface area (Å²) in [5.74, 6) is 1.79. The Labute approximate surface area is 174 Å². The first-order valence-electron chi connectivity index (χ1n) is 10.1. The molecule has 5 rings (SSSR count). The topological polar surface area (TPSA) is 74.4 Å². The molecule has 0 aliphatic carbocycles. The number of hydrogen-bond acceptors (Lipinski definition) is 6. The van der Waals surface area contributed by atoms with Crippen LogP contribution in [-0.2, 0) is 0 Å². The largest absolute Gasteiger partial charge is 0.454 e. The highest BCUT2D eigenvalue weighted by Gasteiger charge is 2.18. The highest BCUT2D eigenvalue weighted by atomic mass is 19.1. The number of ether oxygens (including phenoxy) is 2. The minimum Gasteiger partial charge on any atom is -0.454 e. The van der Waals surface area contributed by atoms with Crippen molar-refractivity contribution in [3.05, 3.63) is 48.3 Å². The molecule has 1 saturated heterocycles. The minimum absolute atomic E-state index is 0.239. The molecule has 7 nitrogen and oxygen atoms in total. The zero-order valence-corrected chi connectivity index (χ0v) is 16.7. The second-order valence-corrected chi connectivity index (χ2v) is 7.78. The maximum absolute atomic E-state index is 14.6. The molecular weight excluding hydrogens is 385 g/mol. The van der Waals surface area contributed by atoms with Crippen LogP contribution in [0.4, 0.5) is 21.6 Å². The predicted octanol–water partition coefficient (Wildman–Crippen LogP) is 4.19. The highest BCUT2D eigenvalue weighted by Crippen LogP contribution is 2.36. The molecule has 156 valence electrons. The summed E-state index contributed by atoms with van der Waals surface area (Å²) in [6.07, 6.45) is 2.04. The van der Waals surface area contributed by atoms with Gasteiger partial charge in [-0.05, 0) is 69.4 Å². The van der Waals surface area contributed by atoms with Crippen LogP contribution in [0.3, 0.4) is 0 Å². The van der Waals surface area contributed by atoms with Gasteiger partial charge in [-0.15, -0.1) is 0 Å². The highest BCUT2D eigenvalue weighted by molar-refractivity contribution is 5.69. The van der Waals surface area contributed by atoms with E-state index in [2.05, 4.69) is 32.8 Å². The number of rotatable bonds is 5. The number of H-pyrrole nitrogens is 1. The standard InChI is InChI=1S/C22H24FN5O2/c1-28-8-6-15(7-9-28)24-18-4-3-16(11-17(18)23)25-22-12-19(26-27-22)14-2-5-20-21(10-14)30-13-29-20/h2-5,10-12,15,24H,6-9,13H2,1H3,(H2,25,26,27). The predicted molar refractivity (Wildman–Crippen MR) is 114 cm³/mol. The Morgan fingerprint density at radius 1 is 1.07 bits per heavy atom. The van der Waals surface area contributed by atoms with Crippen LogP contribution >= 0.6 is 0 Å². The van der Waals surface area contributed by atoms with Gasteiger partial charge in [0.15, 0.2) is 17.3 Å². The average Bonchev–Trinajstić information content (AvgIpc) is 3.40. The van der Waals surface area contributed by atoms with E-state index in [-0.39, 0.29) is 12.6 Å². The number of benzene rings is 2. The molecule has 3 N–H and O–H groups in total. The molecule has 3 heterocycles. The number of halogens is 1. The summed E-state index contributed by atoms with van der Waals surface area (Å²) in [6.45, 7) is 2.30. The molecule has 0 amide bonds. The van der Waals surface area contributed by atoms with Gasteiger partial charge >= 0.3 is 0 Å². The number of nitrogens with zero attached hydrogens (tertiary/aromatic N) is 2. The van der Waals surface area contributed by atoms with Crippen LogP contribution in [0.15, 0.2) is 42.5 Å². The molecule has 1 fully saturated rings. The Bertz CT molecular complexity index is 1050. The van der Waals surface area contributed by atoms with Crippen molar-refractivity contribution < 1.29 is 13.9 Å². The number of fused-ring (bicyclic) bond motifs is 1. The molecule has 0 atom stereocenters. The maximum Gasteiger partial charge on any atom is 0.231 e. The van der Waals surface area contributed by atoms with Crippen LogP contribution in [0.2, 0.25) is 0 Å². The summed E-state index contributed by atoms with van der Waals surface area (Å²) in [6, 6.07) is 13.0. The number of aromatic amines is 1. The zero-order valence-electron chi connectivity index (χ0n) is 16.7. The van der Waals surface area contributed by atoms with E-state index in [4.69, 9.17) is 9.47 Å². The summed E-state index contributed by atoms with van der Waals surface area (Å²) in [4.78, 5) is 2.29. The lowest BCUT2D eigenvalue weighted by atomic mass is 10.1. The molecule has 1 aromatic heterocycles. The van der Waals surface area contributed by atoms with Crippen LogP contribution < -0.4 is 20.1 Å². The van der Waals surface area contributed by atoms with E-state index in [0.717, 1.165) is 42.9 Å². The fourth-order valence-electron chi connectivity index (χ4n) is 3.83. The molecule has 2 aliphatic heterocycles. The third-order valence-corrected chi connectivity index (χ3v) is 5.58. The lowest BCUT2D eigenvalue weighted by Crippen LogP contribution is -2.36. The quantitative estimate of drug-likeness (QED) is 0.587. The lowest BCUT2D eigenvalue weighted by Gasteiger charge is -2.30. The second-order valence-electron chi connectivity index (χ2n) is 7.78. The van der Waals surface area contributed by atoms with Crippen molar-refractivity contribution in [1.29, 1.82) is 0 Å². The number of aromatic nitrogens is 2. The number of nitrogens with one attached hydrogen (secondary N) is 3. The number of piperidine rings is 1. The first-order chi connectivity index (χ1) is 14.6. The molecule has 2 aliphatic rings. The fraction of sp³-hybridized carbons (Fsp3) is 0.318. The van der Waals surface area contributed by atoms with Gasteiger partial charge in [0.2, 0.25) is 6.79 Å². The van der Waals surface area contributed by atoms with Gasteiger partial charge in [0, 0.05) is 23.4 Å². The van der Waals surface area contributed by atoms with E-state index >= 15 is 0 Å². The molecule has 0 bridgehead atoms. The van der Waals surface area contributed by atoms with Crippen LogP contribution in [0.1, 0.15) is 12.8 Å². The van der Waals surface area contributed by atoms with Crippen molar-refractivity contribution in [3.63, 3.8) is 0 Å². The van der Waals surface area contributed by atoms with E-state index < -0.39 is 0 Å². The minimum atomic E-state index is -0.273. The number of likely N-dealkylation sites (tertiary alicyclic amines) is 1. The Morgan fingerprint density at radius 2 is 1.90 bits per heavy atom. The van der Waals surface area contributed by atoms with E-state index in [0.29, 0.717) is 29.0 Å². The third kappa shape index (κ3) is 3.91. The van der Waals surface area contributed by atoms with E-state index in [1.807, 2.05) is 30.3 Å². The summed E-state index contributed by atoms with van der Waals surface area (Å²) >= 11 is 0. The van der Waals surface area contributed by atoms with Crippen molar-refractivity contribution in [1.82, 2.24) is 15.1 Å². The summed E-state index contributed by atoms with van der Waals surface area (Å²) in [7, 11) is 2.12. The Kier molecular flexibility index (Phi) is 4.92. The fourth-order valence-corrected chi connectivity index (χ4v) is 3.83. The number of anilines is 3. The molecule has 0 spiro atoms. The summed E-state index contributed by atoms with van der Waals surface area (Å²) in [5, 5.41) is 13.8. The average molecular weight is 409 g/mol. The Hall–Kier alpha value is -3.26. The third-order valence-electron chi connectivity index (χ3n) is 5.58. The Morgan fingerprint density at radius 3 is 2.73 bits per heavy atom.